The van der Waals surface area contributed by atoms with Crippen LogP contribution < -0.4 is 9.47 Å². The molecule has 0 N–H and O–H groups in total. The summed E-state index contributed by atoms with van der Waals surface area (Å²) in [5.41, 5.74) is 4.35. The average molecular weight is 424 g/mol. The van der Waals surface area contributed by atoms with E-state index in [0.29, 0.717) is 33.7 Å². The number of rotatable bonds is 6. The van der Waals surface area contributed by atoms with E-state index in [9.17, 15) is 5.26 Å². The molecule has 0 fully saturated rings. The summed E-state index contributed by atoms with van der Waals surface area (Å²) in [5, 5.41) is 10.5. The molecule has 0 aliphatic heterocycles. The van der Waals surface area contributed by atoms with E-state index in [0.717, 1.165) is 22.3 Å². The monoisotopic (exact) mass is 423 g/mol. The van der Waals surface area contributed by atoms with Crippen LogP contribution in [0.15, 0.2) is 60.7 Å². The molecule has 0 aliphatic rings. The first-order valence-electron chi connectivity index (χ1n) is 8.94. The molecule has 3 rings (SSSR count). The number of nitrogens with zero attached hydrogens (tertiary/aromatic N) is 1. The number of ether oxygens (including phenoxy) is 2. The van der Waals surface area contributed by atoms with Crippen LogP contribution in [-0.4, -0.2) is 7.11 Å². The minimum absolute atomic E-state index is 0.329. The standard InChI is InChI=1S/C24H19Cl2NO2/c1-16-3-7-19(8-4-16)20(14-27)11-17-6-10-23(24(13-17)28-2)29-15-18-5-9-21(25)22(26)12-18/h3-13H,15H2,1-2H3/b20-11-. The molecule has 29 heavy (non-hydrogen) atoms. The van der Waals surface area contributed by atoms with E-state index >= 15 is 0 Å². The lowest BCUT2D eigenvalue weighted by Crippen LogP contribution is -1.98. The summed E-state index contributed by atoms with van der Waals surface area (Å²) >= 11 is 12.0. The van der Waals surface area contributed by atoms with Gasteiger partial charge in [0.05, 0.1) is 28.8 Å². The summed E-state index contributed by atoms with van der Waals surface area (Å²) < 4.78 is 11.4. The Kier molecular flexibility index (Phi) is 6.82. The highest BCUT2D eigenvalue weighted by atomic mass is 35.5. The van der Waals surface area contributed by atoms with Crippen LogP contribution in [0.5, 0.6) is 11.5 Å². The van der Waals surface area contributed by atoms with Crippen molar-refractivity contribution in [1.29, 1.82) is 5.26 Å². The zero-order valence-electron chi connectivity index (χ0n) is 16.1. The molecule has 0 radical (unpaired) electrons. The first-order valence-corrected chi connectivity index (χ1v) is 9.69. The fourth-order valence-electron chi connectivity index (χ4n) is 2.76. The molecule has 0 aromatic heterocycles. The lowest BCUT2D eigenvalue weighted by molar-refractivity contribution is 0.284. The van der Waals surface area contributed by atoms with Crippen LogP contribution in [0, 0.1) is 18.3 Å². The fourth-order valence-corrected chi connectivity index (χ4v) is 3.08. The summed E-state index contributed by atoms with van der Waals surface area (Å²) in [4.78, 5) is 0. The van der Waals surface area contributed by atoms with Crippen LogP contribution >= 0.6 is 23.2 Å². The van der Waals surface area contributed by atoms with Gasteiger partial charge < -0.3 is 9.47 Å². The molecule has 0 spiro atoms. The Morgan fingerprint density at radius 1 is 0.966 bits per heavy atom. The van der Waals surface area contributed by atoms with Gasteiger partial charge in [-0.25, -0.2) is 0 Å². The second kappa shape index (κ2) is 9.52. The summed E-state index contributed by atoms with van der Waals surface area (Å²) in [7, 11) is 1.58. The van der Waals surface area contributed by atoms with Gasteiger partial charge in [0, 0.05) is 0 Å². The van der Waals surface area contributed by atoms with E-state index in [2.05, 4.69) is 6.07 Å². The van der Waals surface area contributed by atoms with E-state index in [1.54, 1.807) is 19.2 Å². The lowest BCUT2D eigenvalue weighted by Gasteiger charge is -2.12. The molecule has 3 aromatic carbocycles. The van der Waals surface area contributed by atoms with Crippen LogP contribution in [0.4, 0.5) is 0 Å². The number of hydrogen-bond donors (Lipinski definition) is 0. The second-order valence-corrected chi connectivity index (χ2v) is 7.30. The van der Waals surface area contributed by atoms with Gasteiger partial charge in [-0.15, -0.1) is 0 Å². The van der Waals surface area contributed by atoms with Crippen LogP contribution in [0.25, 0.3) is 11.6 Å². The number of halogens is 2. The lowest BCUT2D eigenvalue weighted by atomic mass is 10.0. The van der Waals surface area contributed by atoms with Crippen molar-refractivity contribution >= 4 is 34.9 Å². The number of hydrogen-bond acceptors (Lipinski definition) is 3. The van der Waals surface area contributed by atoms with Gasteiger partial charge in [0.2, 0.25) is 0 Å². The molecule has 0 bridgehead atoms. The fraction of sp³-hybridized carbons (Fsp3) is 0.125. The third kappa shape index (κ3) is 5.32. The number of allylic oxidation sites excluding steroid dienone is 1. The predicted octanol–water partition coefficient (Wildman–Crippen LogP) is 6.95. The van der Waals surface area contributed by atoms with Gasteiger partial charge >= 0.3 is 0 Å². The van der Waals surface area contributed by atoms with Crippen molar-refractivity contribution in [3.8, 4) is 17.6 Å². The molecule has 0 aliphatic carbocycles. The Hall–Kier alpha value is -2.93. The first-order chi connectivity index (χ1) is 14.0. The largest absolute Gasteiger partial charge is 0.493 e. The number of benzene rings is 3. The highest BCUT2D eigenvalue weighted by Crippen LogP contribution is 2.31. The average Bonchev–Trinajstić information content (AvgIpc) is 2.74. The van der Waals surface area contributed by atoms with Crippen LogP contribution in [-0.2, 0) is 6.61 Å². The summed E-state index contributed by atoms with van der Waals surface area (Å²) in [5.74, 6) is 1.18. The van der Waals surface area contributed by atoms with Gasteiger partial charge in [0.25, 0.3) is 0 Å². The molecule has 0 amide bonds. The highest BCUT2D eigenvalue weighted by Gasteiger charge is 2.08. The minimum Gasteiger partial charge on any atom is -0.493 e. The molecule has 0 atom stereocenters. The van der Waals surface area contributed by atoms with Crippen LogP contribution in [0.1, 0.15) is 22.3 Å². The quantitative estimate of drug-likeness (QED) is 0.318. The first kappa shape index (κ1) is 20.8. The zero-order chi connectivity index (χ0) is 20.8. The van der Waals surface area contributed by atoms with Gasteiger partial charge in [0.1, 0.15) is 6.61 Å². The number of nitriles is 1. The van der Waals surface area contributed by atoms with Crippen molar-refractivity contribution in [3.05, 3.63) is 93.0 Å². The van der Waals surface area contributed by atoms with Gasteiger partial charge in [0.15, 0.2) is 11.5 Å². The smallest absolute Gasteiger partial charge is 0.161 e. The van der Waals surface area contributed by atoms with Crippen molar-refractivity contribution in [2.45, 2.75) is 13.5 Å². The Labute approximate surface area is 180 Å². The molecule has 3 aromatic rings. The van der Waals surface area contributed by atoms with Crippen molar-refractivity contribution in [1.82, 2.24) is 0 Å². The Morgan fingerprint density at radius 2 is 1.72 bits per heavy atom. The van der Waals surface area contributed by atoms with E-state index in [-0.39, 0.29) is 0 Å². The minimum atomic E-state index is 0.329. The van der Waals surface area contributed by atoms with Crippen LogP contribution in [0.2, 0.25) is 10.0 Å². The van der Waals surface area contributed by atoms with E-state index in [1.807, 2.05) is 61.5 Å². The Bertz CT molecular complexity index is 1080. The molecular weight excluding hydrogens is 405 g/mol. The molecule has 0 saturated carbocycles. The molecule has 5 heteroatoms. The topological polar surface area (TPSA) is 42.2 Å². The molecular formula is C24H19Cl2NO2. The third-order valence-corrected chi connectivity index (χ3v) is 5.10. The van der Waals surface area contributed by atoms with E-state index in [1.165, 1.54) is 0 Å². The maximum atomic E-state index is 9.55. The van der Waals surface area contributed by atoms with Gasteiger partial charge in [-0.2, -0.15) is 5.26 Å². The van der Waals surface area contributed by atoms with E-state index in [4.69, 9.17) is 32.7 Å². The summed E-state index contributed by atoms with van der Waals surface area (Å²) in [6, 6.07) is 21.0. The number of methoxy groups -OCH3 is 1. The Balaban J connectivity index is 1.81. The molecule has 0 unspecified atom stereocenters. The molecule has 3 nitrogen and oxygen atoms in total. The third-order valence-electron chi connectivity index (χ3n) is 4.36. The molecule has 146 valence electrons. The zero-order valence-corrected chi connectivity index (χ0v) is 17.6. The predicted molar refractivity (Wildman–Crippen MR) is 118 cm³/mol. The van der Waals surface area contributed by atoms with Gasteiger partial charge in [-0.1, -0.05) is 65.2 Å². The van der Waals surface area contributed by atoms with Crippen molar-refractivity contribution in [2.75, 3.05) is 7.11 Å². The van der Waals surface area contributed by atoms with E-state index < -0.39 is 0 Å². The highest BCUT2D eigenvalue weighted by molar-refractivity contribution is 6.42. The Morgan fingerprint density at radius 3 is 2.38 bits per heavy atom. The summed E-state index contributed by atoms with van der Waals surface area (Å²) in [6.45, 7) is 2.34. The van der Waals surface area contributed by atoms with Crippen molar-refractivity contribution < 1.29 is 9.47 Å². The van der Waals surface area contributed by atoms with Crippen molar-refractivity contribution in [3.63, 3.8) is 0 Å². The van der Waals surface area contributed by atoms with Crippen LogP contribution in [0.3, 0.4) is 0 Å². The number of aryl methyl sites for hydroxylation is 1. The van der Waals surface area contributed by atoms with Gasteiger partial charge in [-0.3, -0.25) is 0 Å². The SMILES string of the molecule is COc1cc(/C=C(/C#N)c2ccc(C)cc2)ccc1OCc1ccc(Cl)c(Cl)c1. The molecule has 0 saturated heterocycles. The second-order valence-electron chi connectivity index (χ2n) is 6.48. The van der Waals surface area contributed by atoms with Gasteiger partial charge in [-0.05, 0) is 54.0 Å². The maximum Gasteiger partial charge on any atom is 0.161 e. The van der Waals surface area contributed by atoms with Crippen molar-refractivity contribution in [2.24, 2.45) is 0 Å². The summed E-state index contributed by atoms with van der Waals surface area (Å²) in [6.07, 6.45) is 1.83. The normalized spacial score (nSPS) is 11.1. The maximum absolute atomic E-state index is 9.55. The molecule has 0 heterocycles.